The summed E-state index contributed by atoms with van der Waals surface area (Å²) in [7, 11) is 0. The summed E-state index contributed by atoms with van der Waals surface area (Å²) < 4.78 is 1.86. The number of likely N-dealkylation sites (tertiary alicyclic amines) is 1. The average molecular weight is 371 g/mol. The summed E-state index contributed by atoms with van der Waals surface area (Å²) in [5.74, 6) is -0.0889. The van der Waals surface area contributed by atoms with Crippen molar-refractivity contribution in [3.05, 3.63) is 30.1 Å². The number of nitrogens with zero attached hydrogens (tertiary/aromatic N) is 4. The van der Waals surface area contributed by atoms with Gasteiger partial charge in [0.05, 0.1) is 24.0 Å². The minimum atomic E-state index is -0.452. The molecule has 2 fully saturated rings. The number of hydrogen-bond donors (Lipinski definition) is 2. The van der Waals surface area contributed by atoms with Gasteiger partial charge in [0.2, 0.25) is 5.91 Å². The highest BCUT2D eigenvalue weighted by molar-refractivity contribution is 6.00. The number of aliphatic hydroxyl groups excluding tert-OH is 1. The highest BCUT2D eigenvalue weighted by atomic mass is 16.3. The van der Waals surface area contributed by atoms with Gasteiger partial charge >= 0.3 is 0 Å². The zero-order valence-corrected chi connectivity index (χ0v) is 15.3. The van der Waals surface area contributed by atoms with Crippen molar-refractivity contribution >= 4 is 22.8 Å². The lowest BCUT2D eigenvalue weighted by molar-refractivity contribution is -0.135. The van der Waals surface area contributed by atoms with Crippen molar-refractivity contribution in [1.29, 1.82) is 0 Å². The van der Waals surface area contributed by atoms with E-state index in [4.69, 9.17) is 5.11 Å². The zero-order valence-electron chi connectivity index (χ0n) is 15.3. The number of carbonyl (C=O) groups is 2. The summed E-state index contributed by atoms with van der Waals surface area (Å²) >= 11 is 0. The van der Waals surface area contributed by atoms with Gasteiger partial charge in [0, 0.05) is 44.8 Å². The Morgan fingerprint density at radius 3 is 2.81 bits per heavy atom. The van der Waals surface area contributed by atoms with Gasteiger partial charge in [-0.05, 0) is 31.0 Å². The SMILES string of the molecule is O=C([C@@H]1CNCCN1C(=O)c1ccc2c(c1)ncn2CCO)N1CCCC1. The number of hydrogen-bond acceptors (Lipinski definition) is 5. The molecule has 2 amide bonds. The Hall–Kier alpha value is -2.45. The van der Waals surface area contributed by atoms with E-state index >= 15 is 0 Å². The van der Waals surface area contributed by atoms with Crippen LogP contribution in [-0.4, -0.2) is 81.6 Å². The Kier molecular flexibility index (Phi) is 5.09. The van der Waals surface area contributed by atoms with Crippen LogP contribution in [0.15, 0.2) is 24.5 Å². The van der Waals surface area contributed by atoms with E-state index in [0.29, 0.717) is 37.3 Å². The van der Waals surface area contributed by atoms with Gasteiger partial charge in [-0.2, -0.15) is 0 Å². The number of piperazine rings is 1. The van der Waals surface area contributed by atoms with E-state index in [1.807, 2.05) is 15.5 Å². The van der Waals surface area contributed by atoms with E-state index in [1.54, 1.807) is 23.4 Å². The molecule has 2 aliphatic rings. The first-order chi connectivity index (χ1) is 13.2. The third kappa shape index (κ3) is 3.42. The fourth-order valence-corrected chi connectivity index (χ4v) is 3.96. The fraction of sp³-hybridized carbons (Fsp3) is 0.526. The third-order valence-electron chi connectivity index (χ3n) is 5.42. The van der Waals surface area contributed by atoms with Crippen LogP contribution in [0.2, 0.25) is 0 Å². The highest BCUT2D eigenvalue weighted by Gasteiger charge is 2.36. The molecule has 0 radical (unpaired) electrons. The number of fused-ring (bicyclic) bond motifs is 1. The molecule has 1 aromatic carbocycles. The maximum absolute atomic E-state index is 13.2. The smallest absolute Gasteiger partial charge is 0.254 e. The Balaban J connectivity index is 1.57. The Morgan fingerprint density at radius 2 is 2.04 bits per heavy atom. The predicted octanol–water partition coefficient (Wildman–Crippen LogP) is 0.0650. The molecule has 0 spiro atoms. The van der Waals surface area contributed by atoms with Crippen LogP contribution in [-0.2, 0) is 11.3 Å². The maximum atomic E-state index is 13.2. The number of amides is 2. The number of carbonyl (C=O) groups excluding carboxylic acids is 2. The van der Waals surface area contributed by atoms with Crippen LogP contribution in [0.4, 0.5) is 0 Å². The van der Waals surface area contributed by atoms with Crippen LogP contribution >= 0.6 is 0 Å². The van der Waals surface area contributed by atoms with E-state index in [1.165, 1.54) is 0 Å². The van der Waals surface area contributed by atoms with Gasteiger partial charge in [0.15, 0.2) is 0 Å². The van der Waals surface area contributed by atoms with E-state index in [-0.39, 0.29) is 18.4 Å². The first-order valence-corrected chi connectivity index (χ1v) is 9.55. The van der Waals surface area contributed by atoms with Gasteiger partial charge in [-0.1, -0.05) is 0 Å². The quantitative estimate of drug-likeness (QED) is 0.794. The normalized spacial score (nSPS) is 20.4. The molecule has 4 rings (SSSR count). The minimum Gasteiger partial charge on any atom is -0.395 e. The summed E-state index contributed by atoms with van der Waals surface area (Å²) in [6, 6.07) is 4.95. The molecule has 2 N–H and O–H groups in total. The van der Waals surface area contributed by atoms with Crippen molar-refractivity contribution < 1.29 is 14.7 Å². The molecule has 144 valence electrons. The van der Waals surface area contributed by atoms with Crippen LogP contribution < -0.4 is 5.32 Å². The summed E-state index contributed by atoms with van der Waals surface area (Å²) in [5.41, 5.74) is 2.13. The van der Waals surface area contributed by atoms with E-state index in [2.05, 4.69) is 10.3 Å². The van der Waals surface area contributed by atoms with Gasteiger partial charge in [0.1, 0.15) is 6.04 Å². The number of imidazole rings is 1. The Morgan fingerprint density at radius 1 is 1.22 bits per heavy atom. The molecule has 2 saturated heterocycles. The third-order valence-corrected chi connectivity index (χ3v) is 5.42. The second-order valence-electron chi connectivity index (χ2n) is 7.12. The zero-order chi connectivity index (χ0) is 18.8. The lowest BCUT2D eigenvalue weighted by atomic mass is 10.1. The number of aliphatic hydroxyl groups is 1. The summed E-state index contributed by atoms with van der Waals surface area (Å²) in [6.45, 7) is 3.76. The Labute approximate surface area is 157 Å². The van der Waals surface area contributed by atoms with E-state index in [0.717, 1.165) is 31.4 Å². The van der Waals surface area contributed by atoms with Crippen LogP contribution in [0.5, 0.6) is 0 Å². The standard InChI is InChI=1S/C19H25N5O3/c25-10-9-23-13-21-15-11-14(3-4-16(15)23)18(26)24-8-5-20-12-17(24)19(27)22-6-1-2-7-22/h3-4,11,13,17,20,25H,1-2,5-10,12H2/t17-/m0/s1. The summed E-state index contributed by atoms with van der Waals surface area (Å²) in [5, 5.41) is 12.4. The number of nitrogens with one attached hydrogen (secondary N) is 1. The van der Waals surface area contributed by atoms with Crippen LogP contribution in [0.25, 0.3) is 11.0 Å². The lowest BCUT2D eigenvalue weighted by Crippen LogP contribution is -2.59. The van der Waals surface area contributed by atoms with Crippen molar-refractivity contribution in [2.75, 3.05) is 39.3 Å². The topological polar surface area (TPSA) is 90.7 Å². The van der Waals surface area contributed by atoms with Crippen molar-refractivity contribution in [3.63, 3.8) is 0 Å². The number of benzene rings is 1. The summed E-state index contributed by atoms with van der Waals surface area (Å²) in [4.78, 5) is 34.0. The molecule has 2 aromatic rings. The lowest BCUT2D eigenvalue weighted by Gasteiger charge is -2.37. The number of rotatable bonds is 4. The van der Waals surface area contributed by atoms with Gasteiger partial charge < -0.3 is 24.8 Å². The monoisotopic (exact) mass is 371 g/mol. The molecular formula is C19H25N5O3. The molecule has 0 saturated carbocycles. The summed E-state index contributed by atoms with van der Waals surface area (Å²) in [6.07, 6.45) is 3.74. The second kappa shape index (κ2) is 7.66. The molecule has 0 unspecified atom stereocenters. The molecule has 2 aliphatic heterocycles. The van der Waals surface area contributed by atoms with Gasteiger partial charge in [-0.15, -0.1) is 0 Å². The predicted molar refractivity (Wildman–Crippen MR) is 100 cm³/mol. The fourth-order valence-electron chi connectivity index (χ4n) is 3.96. The van der Waals surface area contributed by atoms with Crippen molar-refractivity contribution in [2.45, 2.75) is 25.4 Å². The van der Waals surface area contributed by atoms with Crippen LogP contribution in [0.3, 0.4) is 0 Å². The molecule has 8 heteroatoms. The van der Waals surface area contributed by atoms with Crippen LogP contribution in [0.1, 0.15) is 23.2 Å². The molecule has 0 bridgehead atoms. The maximum Gasteiger partial charge on any atom is 0.254 e. The highest BCUT2D eigenvalue weighted by Crippen LogP contribution is 2.19. The molecular weight excluding hydrogens is 346 g/mol. The molecule has 27 heavy (non-hydrogen) atoms. The van der Waals surface area contributed by atoms with E-state index < -0.39 is 6.04 Å². The van der Waals surface area contributed by atoms with Crippen molar-refractivity contribution in [3.8, 4) is 0 Å². The van der Waals surface area contributed by atoms with Crippen molar-refractivity contribution in [1.82, 2.24) is 24.7 Å². The van der Waals surface area contributed by atoms with Crippen LogP contribution in [0, 0.1) is 0 Å². The number of aromatic nitrogens is 2. The van der Waals surface area contributed by atoms with Gasteiger partial charge in [-0.3, -0.25) is 9.59 Å². The van der Waals surface area contributed by atoms with Gasteiger partial charge in [0.25, 0.3) is 5.91 Å². The molecule has 1 atom stereocenters. The average Bonchev–Trinajstić information content (AvgIpc) is 3.37. The first kappa shape index (κ1) is 17.9. The molecule has 8 nitrogen and oxygen atoms in total. The Bertz CT molecular complexity index is 843. The first-order valence-electron chi connectivity index (χ1n) is 9.55. The largest absolute Gasteiger partial charge is 0.395 e. The van der Waals surface area contributed by atoms with Gasteiger partial charge in [-0.25, -0.2) is 4.98 Å². The minimum absolute atomic E-state index is 0.0349. The van der Waals surface area contributed by atoms with E-state index in [9.17, 15) is 9.59 Å². The second-order valence-corrected chi connectivity index (χ2v) is 7.12. The molecule has 0 aliphatic carbocycles. The van der Waals surface area contributed by atoms with Crippen molar-refractivity contribution in [2.24, 2.45) is 0 Å². The molecule has 1 aromatic heterocycles. The molecule has 3 heterocycles.